The van der Waals surface area contributed by atoms with Crippen LogP contribution in [0.1, 0.15) is 45.7 Å². The normalized spacial score (nSPS) is 17.5. The van der Waals surface area contributed by atoms with E-state index in [-0.39, 0.29) is 17.7 Å². The largest absolute Gasteiger partial charge is 0.497 e. The van der Waals surface area contributed by atoms with Crippen LogP contribution in [0.25, 0.3) is 0 Å². The van der Waals surface area contributed by atoms with Crippen molar-refractivity contribution < 1.29 is 32.8 Å². The maximum Gasteiger partial charge on any atom is 0.261 e. The first-order valence-electron chi connectivity index (χ1n) is 16.6. The Labute approximate surface area is 287 Å². The maximum absolute atomic E-state index is 7.43. The van der Waals surface area contributed by atoms with Gasteiger partial charge in [-0.1, -0.05) is 106 Å². The van der Waals surface area contributed by atoms with Crippen molar-refractivity contribution in [1.82, 2.24) is 0 Å². The predicted octanol–water partition coefficient (Wildman–Crippen LogP) is 6.90. The second-order valence-electron chi connectivity index (χ2n) is 13.7. The molecule has 0 spiro atoms. The molecule has 7 nitrogen and oxygen atoms in total. The van der Waals surface area contributed by atoms with Gasteiger partial charge in [0, 0.05) is 0 Å². The molecule has 1 aliphatic rings. The van der Waals surface area contributed by atoms with Crippen molar-refractivity contribution in [2.24, 2.45) is 0 Å². The molecule has 8 heteroatoms. The van der Waals surface area contributed by atoms with Gasteiger partial charge in [-0.25, -0.2) is 0 Å². The van der Waals surface area contributed by atoms with Crippen molar-refractivity contribution in [2.75, 3.05) is 27.4 Å². The van der Waals surface area contributed by atoms with E-state index in [4.69, 9.17) is 32.8 Å². The topological polar surface area (TPSA) is 64.6 Å². The van der Waals surface area contributed by atoms with Crippen LogP contribution in [0.3, 0.4) is 0 Å². The average molecular weight is 671 g/mol. The Bertz CT molecular complexity index is 1500. The third kappa shape index (κ3) is 8.55. The lowest BCUT2D eigenvalue weighted by Gasteiger charge is -2.44. The third-order valence-corrected chi connectivity index (χ3v) is 13.9. The summed E-state index contributed by atoms with van der Waals surface area (Å²) in [4.78, 5) is 0. The van der Waals surface area contributed by atoms with Crippen molar-refractivity contribution in [3.05, 3.63) is 120 Å². The molecule has 0 aliphatic carbocycles. The van der Waals surface area contributed by atoms with Crippen LogP contribution in [-0.2, 0) is 36.6 Å². The monoisotopic (exact) mass is 670 g/mol. The van der Waals surface area contributed by atoms with E-state index in [1.807, 2.05) is 62.4 Å². The van der Waals surface area contributed by atoms with Gasteiger partial charge in [0.1, 0.15) is 29.8 Å². The molecule has 0 unspecified atom stereocenters. The highest BCUT2D eigenvalue weighted by molar-refractivity contribution is 6.99. The van der Waals surface area contributed by atoms with Crippen LogP contribution >= 0.6 is 0 Å². The fourth-order valence-electron chi connectivity index (χ4n) is 6.38. The van der Waals surface area contributed by atoms with Gasteiger partial charge in [0.15, 0.2) is 5.79 Å². The number of methoxy groups -OCH3 is 2. The lowest BCUT2D eigenvalue weighted by atomic mass is 10.1. The van der Waals surface area contributed by atoms with Gasteiger partial charge < -0.3 is 32.8 Å². The Balaban J connectivity index is 1.52. The highest BCUT2D eigenvalue weighted by atomic mass is 28.4. The quantitative estimate of drug-likeness (QED) is 0.128. The molecule has 1 saturated heterocycles. The molecule has 4 aromatic carbocycles. The molecule has 0 amide bonds. The van der Waals surface area contributed by atoms with Crippen LogP contribution in [0, 0.1) is 0 Å². The minimum Gasteiger partial charge on any atom is -0.497 e. The molecule has 256 valence electrons. The van der Waals surface area contributed by atoms with Crippen LogP contribution in [0.15, 0.2) is 109 Å². The van der Waals surface area contributed by atoms with Gasteiger partial charge in [-0.05, 0) is 64.7 Å². The molecule has 0 saturated carbocycles. The minimum atomic E-state index is -2.88. The summed E-state index contributed by atoms with van der Waals surface area (Å²) in [7, 11) is 0.448. The molecule has 0 N–H and O–H groups in total. The third-order valence-electron chi connectivity index (χ3n) is 8.87. The van der Waals surface area contributed by atoms with Crippen molar-refractivity contribution in [3.63, 3.8) is 0 Å². The lowest BCUT2D eigenvalue weighted by molar-refractivity contribution is -0.183. The summed E-state index contributed by atoms with van der Waals surface area (Å²) in [5.41, 5.74) is 2.03. The molecule has 5 rings (SSSR count). The van der Waals surface area contributed by atoms with Crippen LogP contribution < -0.4 is 19.8 Å². The fraction of sp³-hybridized carbons (Fsp3) is 0.400. The molecule has 0 aromatic heterocycles. The van der Waals surface area contributed by atoms with E-state index < -0.39 is 26.3 Å². The minimum absolute atomic E-state index is 0.204. The number of hydrogen-bond acceptors (Lipinski definition) is 7. The Hall–Kier alpha value is -3.50. The van der Waals surface area contributed by atoms with E-state index in [0.717, 1.165) is 22.6 Å². The summed E-state index contributed by atoms with van der Waals surface area (Å²) >= 11 is 0. The van der Waals surface area contributed by atoms with Crippen molar-refractivity contribution >= 4 is 18.7 Å². The zero-order valence-corrected chi connectivity index (χ0v) is 30.3. The summed E-state index contributed by atoms with van der Waals surface area (Å²) < 4.78 is 44.3. The molecular weight excluding hydrogens is 621 g/mol. The van der Waals surface area contributed by atoms with E-state index in [1.54, 1.807) is 14.2 Å². The van der Waals surface area contributed by atoms with Crippen molar-refractivity contribution in [3.8, 4) is 11.5 Å². The van der Waals surface area contributed by atoms with Crippen LogP contribution in [-0.4, -0.2) is 59.8 Å². The molecule has 48 heavy (non-hydrogen) atoms. The Morgan fingerprint density at radius 2 is 1.19 bits per heavy atom. The summed E-state index contributed by atoms with van der Waals surface area (Å²) in [5.74, 6) is 0.847. The Morgan fingerprint density at radius 3 is 1.60 bits per heavy atom. The Morgan fingerprint density at radius 1 is 0.708 bits per heavy atom. The van der Waals surface area contributed by atoms with Gasteiger partial charge in [-0.15, -0.1) is 0 Å². The van der Waals surface area contributed by atoms with E-state index in [9.17, 15) is 0 Å². The first-order valence-corrected chi connectivity index (χ1v) is 18.5. The first kappa shape index (κ1) is 35.8. The van der Waals surface area contributed by atoms with Crippen LogP contribution in [0.4, 0.5) is 0 Å². The van der Waals surface area contributed by atoms with E-state index in [2.05, 4.69) is 81.4 Å². The van der Waals surface area contributed by atoms with Gasteiger partial charge in [0.25, 0.3) is 8.32 Å². The maximum atomic E-state index is 7.43. The standard InChI is InChI=1S/C40H50O7Si/c1-39(2,3)48(34-14-10-8-11-15-34,35-16-12-9-13-17-35)46-29-36(43-26-30-18-22-32(41-6)23-19-30)38(37-28-45-40(4,5)47-37)44-27-31-20-24-33(42-7)25-21-31/h8-25,36-38H,26-29H2,1-7H3/t36-,37-,38+/m1/s1. The zero-order chi connectivity index (χ0) is 34.2. The lowest BCUT2D eigenvalue weighted by Crippen LogP contribution is -2.67. The van der Waals surface area contributed by atoms with E-state index >= 15 is 0 Å². The smallest absolute Gasteiger partial charge is 0.261 e. The summed E-state index contributed by atoms with van der Waals surface area (Å²) in [6.45, 7) is 12.1. The second kappa shape index (κ2) is 15.8. The second-order valence-corrected chi connectivity index (χ2v) is 18.0. The van der Waals surface area contributed by atoms with Gasteiger partial charge in [-0.3, -0.25) is 0 Å². The van der Waals surface area contributed by atoms with Gasteiger partial charge in [0.2, 0.25) is 0 Å². The number of benzene rings is 4. The number of ether oxygens (including phenoxy) is 6. The highest BCUT2D eigenvalue weighted by Crippen LogP contribution is 2.38. The first-order chi connectivity index (χ1) is 23.0. The summed E-state index contributed by atoms with van der Waals surface area (Å²) in [6, 6.07) is 37.1. The van der Waals surface area contributed by atoms with Crippen LogP contribution in [0.5, 0.6) is 11.5 Å². The predicted molar refractivity (Wildman–Crippen MR) is 192 cm³/mol. The molecule has 1 fully saturated rings. The number of hydrogen-bond donors (Lipinski definition) is 0. The Kier molecular flexibility index (Phi) is 11.8. The van der Waals surface area contributed by atoms with E-state index in [1.165, 1.54) is 10.4 Å². The van der Waals surface area contributed by atoms with Gasteiger partial charge in [0.05, 0.1) is 40.6 Å². The molecule has 0 bridgehead atoms. The number of rotatable bonds is 15. The van der Waals surface area contributed by atoms with Gasteiger partial charge in [-0.2, -0.15) is 0 Å². The molecule has 1 heterocycles. The van der Waals surface area contributed by atoms with E-state index in [0.29, 0.717) is 19.8 Å². The summed E-state index contributed by atoms with van der Waals surface area (Å²) in [6.07, 6.45) is -1.36. The van der Waals surface area contributed by atoms with Crippen molar-refractivity contribution in [2.45, 2.75) is 77.0 Å². The molecule has 1 aliphatic heterocycles. The molecule has 4 aromatic rings. The van der Waals surface area contributed by atoms with Gasteiger partial charge >= 0.3 is 0 Å². The van der Waals surface area contributed by atoms with Crippen LogP contribution in [0.2, 0.25) is 5.04 Å². The molecular formula is C40H50O7Si. The average Bonchev–Trinajstić information content (AvgIpc) is 3.46. The van der Waals surface area contributed by atoms with Crippen molar-refractivity contribution in [1.29, 1.82) is 0 Å². The molecule has 0 radical (unpaired) electrons. The summed E-state index contributed by atoms with van der Waals surface area (Å²) in [5, 5.41) is 2.20. The zero-order valence-electron chi connectivity index (χ0n) is 29.3. The highest BCUT2D eigenvalue weighted by Gasteiger charge is 2.51. The SMILES string of the molecule is COc1ccc(CO[C@@H]([C@@H](CO[Si](c2ccccc2)(c2ccccc2)C(C)(C)C)OCc2ccc(OC)cc2)[C@H]2COC(C)(C)O2)cc1. The molecule has 3 atom stereocenters. The fourth-order valence-corrected chi connectivity index (χ4v) is 10.9.